The third-order valence-corrected chi connectivity index (χ3v) is 2.65. The molecule has 0 aliphatic carbocycles. The van der Waals surface area contributed by atoms with Gasteiger partial charge in [-0.25, -0.2) is 0 Å². The Hall–Kier alpha value is -2.27. The first kappa shape index (κ1) is 13.2. The van der Waals surface area contributed by atoms with E-state index in [1.165, 1.54) is 0 Å². The second-order valence-corrected chi connectivity index (χ2v) is 4.04. The molecule has 2 aromatic heterocycles. The zero-order valence-electron chi connectivity index (χ0n) is 10.4. The van der Waals surface area contributed by atoms with Gasteiger partial charge >= 0.3 is 5.97 Å². The number of hydrogen-bond acceptors (Lipinski definition) is 4. The second kappa shape index (κ2) is 6.61. The van der Waals surface area contributed by atoms with Crippen molar-refractivity contribution in [1.82, 2.24) is 15.3 Å². The predicted octanol–water partition coefficient (Wildman–Crippen LogP) is 1.63. The van der Waals surface area contributed by atoms with Crippen molar-refractivity contribution in [2.24, 2.45) is 0 Å². The molecule has 0 aliphatic heterocycles. The summed E-state index contributed by atoms with van der Waals surface area (Å²) in [5.74, 6) is -0.826. The first-order chi connectivity index (χ1) is 9.27. The summed E-state index contributed by atoms with van der Waals surface area (Å²) in [5.41, 5.74) is 1.65. The van der Waals surface area contributed by atoms with Crippen LogP contribution in [0.2, 0.25) is 0 Å². The Labute approximate surface area is 111 Å². The van der Waals surface area contributed by atoms with Crippen LogP contribution in [0.4, 0.5) is 0 Å². The molecule has 2 heterocycles. The fraction of sp³-hybridized carbons (Fsp3) is 0.214. The minimum Gasteiger partial charge on any atom is -0.481 e. The molecule has 0 saturated carbocycles. The fourth-order valence-electron chi connectivity index (χ4n) is 1.78. The molecular formula is C14H15N3O2. The van der Waals surface area contributed by atoms with Crippen molar-refractivity contribution >= 4 is 5.97 Å². The molecule has 0 fully saturated rings. The third kappa shape index (κ3) is 3.86. The van der Waals surface area contributed by atoms with E-state index in [1.807, 2.05) is 36.4 Å². The number of carboxylic acids is 1. The largest absolute Gasteiger partial charge is 0.481 e. The van der Waals surface area contributed by atoms with Gasteiger partial charge in [0.05, 0.1) is 23.9 Å². The van der Waals surface area contributed by atoms with Gasteiger partial charge in [-0.15, -0.1) is 0 Å². The maximum Gasteiger partial charge on any atom is 0.304 e. The normalized spacial score (nSPS) is 10.6. The van der Waals surface area contributed by atoms with E-state index in [9.17, 15) is 4.79 Å². The van der Waals surface area contributed by atoms with Crippen LogP contribution in [-0.2, 0) is 4.79 Å². The fourth-order valence-corrected chi connectivity index (χ4v) is 1.78. The number of nitrogens with zero attached hydrogens (tertiary/aromatic N) is 2. The van der Waals surface area contributed by atoms with E-state index in [2.05, 4.69) is 15.3 Å². The molecule has 5 heteroatoms. The SMILES string of the molecule is O=C(O)CCNC(c1ccccn1)c1ccccn1. The van der Waals surface area contributed by atoms with Crippen molar-refractivity contribution in [3.63, 3.8) is 0 Å². The highest BCUT2D eigenvalue weighted by Gasteiger charge is 2.15. The van der Waals surface area contributed by atoms with E-state index >= 15 is 0 Å². The molecule has 0 atom stereocenters. The maximum atomic E-state index is 10.6. The third-order valence-electron chi connectivity index (χ3n) is 2.65. The lowest BCUT2D eigenvalue weighted by molar-refractivity contribution is -0.136. The smallest absolute Gasteiger partial charge is 0.304 e. The molecule has 0 aromatic carbocycles. The van der Waals surface area contributed by atoms with Crippen molar-refractivity contribution in [1.29, 1.82) is 0 Å². The Kier molecular flexibility index (Phi) is 4.58. The second-order valence-electron chi connectivity index (χ2n) is 4.04. The Morgan fingerprint density at radius 3 is 2.11 bits per heavy atom. The van der Waals surface area contributed by atoms with Gasteiger partial charge in [0.15, 0.2) is 0 Å². The first-order valence-corrected chi connectivity index (χ1v) is 6.04. The number of carbonyl (C=O) groups is 1. The topological polar surface area (TPSA) is 75.1 Å². The number of aromatic nitrogens is 2. The zero-order chi connectivity index (χ0) is 13.5. The van der Waals surface area contributed by atoms with Gasteiger partial charge in [-0.3, -0.25) is 14.8 Å². The monoisotopic (exact) mass is 257 g/mol. The summed E-state index contributed by atoms with van der Waals surface area (Å²) < 4.78 is 0. The molecule has 0 spiro atoms. The molecule has 0 radical (unpaired) electrons. The van der Waals surface area contributed by atoms with E-state index in [0.29, 0.717) is 6.54 Å². The van der Waals surface area contributed by atoms with E-state index in [4.69, 9.17) is 5.11 Å². The van der Waals surface area contributed by atoms with Crippen molar-refractivity contribution in [2.75, 3.05) is 6.54 Å². The van der Waals surface area contributed by atoms with Gasteiger partial charge in [0.25, 0.3) is 0 Å². The molecule has 0 bridgehead atoms. The highest BCUT2D eigenvalue weighted by atomic mass is 16.4. The van der Waals surface area contributed by atoms with Crippen molar-refractivity contribution in [3.05, 3.63) is 60.2 Å². The van der Waals surface area contributed by atoms with Crippen LogP contribution in [-0.4, -0.2) is 27.6 Å². The van der Waals surface area contributed by atoms with Gasteiger partial charge < -0.3 is 10.4 Å². The summed E-state index contributed by atoms with van der Waals surface area (Å²) in [6.07, 6.45) is 3.49. The van der Waals surface area contributed by atoms with Crippen molar-refractivity contribution < 1.29 is 9.90 Å². The first-order valence-electron chi connectivity index (χ1n) is 6.04. The van der Waals surface area contributed by atoms with Crippen LogP contribution >= 0.6 is 0 Å². The summed E-state index contributed by atoms with van der Waals surface area (Å²) in [6, 6.07) is 11.1. The number of nitrogens with one attached hydrogen (secondary N) is 1. The summed E-state index contributed by atoms with van der Waals surface area (Å²) in [6.45, 7) is 0.368. The van der Waals surface area contributed by atoms with E-state index in [0.717, 1.165) is 11.4 Å². The predicted molar refractivity (Wildman–Crippen MR) is 70.6 cm³/mol. The highest BCUT2D eigenvalue weighted by molar-refractivity contribution is 5.66. The highest BCUT2D eigenvalue weighted by Crippen LogP contribution is 2.17. The van der Waals surface area contributed by atoms with Gasteiger partial charge in [0.2, 0.25) is 0 Å². The Balaban J connectivity index is 2.17. The number of aliphatic carboxylic acids is 1. The molecule has 0 unspecified atom stereocenters. The van der Waals surface area contributed by atoms with Crippen LogP contribution in [0.25, 0.3) is 0 Å². The van der Waals surface area contributed by atoms with Crippen LogP contribution in [0, 0.1) is 0 Å². The average molecular weight is 257 g/mol. The molecular weight excluding hydrogens is 242 g/mol. The number of carboxylic acid groups (broad SMARTS) is 1. The van der Waals surface area contributed by atoms with E-state index < -0.39 is 5.97 Å². The number of rotatable bonds is 6. The molecule has 2 rings (SSSR count). The summed E-state index contributed by atoms with van der Waals surface area (Å²) in [7, 11) is 0. The molecule has 0 amide bonds. The van der Waals surface area contributed by atoms with Crippen LogP contribution in [0.5, 0.6) is 0 Å². The minimum absolute atomic E-state index is 0.0656. The lowest BCUT2D eigenvalue weighted by Gasteiger charge is -2.17. The standard InChI is InChI=1S/C14H15N3O2/c18-13(19)7-10-17-14(11-5-1-3-8-15-11)12-6-2-4-9-16-12/h1-6,8-9,14,17H,7,10H2,(H,18,19). The van der Waals surface area contributed by atoms with Crippen LogP contribution < -0.4 is 5.32 Å². The zero-order valence-corrected chi connectivity index (χ0v) is 10.4. The van der Waals surface area contributed by atoms with Gasteiger partial charge in [0.1, 0.15) is 0 Å². The van der Waals surface area contributed by atoms with Crippen molar-refractivity contribution in [2.45, 2.75) is 12.5 Å². The molecule has 0 saturated heterocycles. The molecule has 2 N–H and O–H groups in total. The van der Waals surface area contributed by atoms with E-state index in [1.54, 1.807) is 12.4 Å². The quantitative estimate of drug-likeness (QED) is 0.822. The van der Waals surface area contributed by atoms with Gasteiger partial charge in [-0.1, -0.05) is 12.1 Å². The van der Waals surface area contributed by atoms with Gasteiger partial charge in [-0.2, -0.15) is 0 Å². The lowest BCUT2D eigenvalue weighted by Crippen LogP contribution is -2.26. The summed E-state index contributed by atoms with van der Waals surface area (Å²) >= 11 is 0. The lowest BCUT2D eigenvalue weighted by atomic mass is 10.1. The maximum absolute atomic E-state index is 10.6. The summed E-state index contributed by atoms with van der Waals surface area (Å²) in [5, 5.41) is 11.9. The molecule has 98 valence electrons. The summed E-state index contributed by atoms with van der Waals surface area (Å²) in [4.78, 5) is 19.2. The van der Waals surface area contributed by atoms with Gasteiger partial charge in [-0.05, 0) is 24.3 Å². The van der Waals surface area contributed by atoms with Crippen LogP contribution in [0.1, 0.15) is 23.9 Å². The van der Waals surface area contributed by atoms with Crippen LogP contribution in [0.3, 0.4) is 0 Å². The van der Waals surface area contributed by atoms with Gasteiger partial charge in [0, 0.05) is 18.9 Å². The molecule has 19 heavy (non-hydrogen) atoms. The van der Waals surface area contributed by atoms with E-state index in [-0.39, 0.29) is 12.5 Å². The Bertz CT molecular complexity index is 477. The molecule has 0 aliphatic rings. The average Bonchev–Trinajstić information content (AvgIpc) is 2.45. The number of hydrogen-bond donors (Lipinski definition) is 2. The molecule has 5 nitrogen and oxygen atoms in total. The minimum atomic E-state index is -0.826. The Morgan fingerprint density at radius 1 is 1.11 bits per heavy atom. The molecule has 2 aromatic rings. The number of pyridine rings is 2. The van der Waals surface area contributed by atoms with Crippen LogP contribution in [0.15, 0.2) is 48.8 Å². The van der Waals surface area contributed by atoms with Crippen molar-refractivity contribution in [3.8, 4) is 0 Å². The Morgan fingerprint density at radius 2 is 1.68 bits per heavy atom.